The molecule has 0 spiro atoms. The van der Waals surface area contributed by atoms with Gasteiger partial charge >= 0.3 is 6.01 Å². The van der Waals surface area contributed by atoms with E-state index in [1.54, 1.807) is 0 Å². The SMILES string of the molecule is CC(C)Oc1nc(NN)nc(N2CCCC(CCO)C2)n1. The standard InChI is InChI=1S/C13H24N6O2/c1-9(2)21-13-16-11(18-14)15-12(17-13)19-6-3-4-10(8-19)5-7-20/h9-10,20H,3-8,14H2,1-2H3,(H,15,16,17,18). The number of rotatable bonds is 6. The molecule has 1 unspecified atom stereocenters. The van der Waals surface area contributed by atoms with Gasteiger partial charge in [-0.3, -0.25) is 5.43 Å². The molecule has 1 atom stereocenters. The molecule has 0 bridgehead atoms. The first-order valence-electron chi connectivity index (χ1n) is 7.37. The van der Waals surface area contributed by atoms with Crippen molar-refractivity contribution in [1.29, 1.82) is 0 Å². The van der Waals surface area contributed by atoms with Crippen molar-refractivity contribution < 1.29 is 9.84 Å². The zero-order chi connectivity index (χ0) is 15.2. The summed E-state index contributed by atoms with van der Waals surface area (Å²) in [5, 5.41) is 9.09. The molecule has 2 rings (SSSR count). The van der Waals surface area contributed by atoms with Gasteiger partial charge in [-0.2, -0.15) is 15.0 Å². The lowest BCUT2D eigenvalue weighted by atomic mass is 9.95. The number of anilines is 2. The number of aliphatic hydroxyl groups excluding tert-OH is 1. The number of ether oxygens (including phenoxy) is 1. The van der Waals surface area contributed by atoms with Crippen molar-refractivity contribution >= 4 is 11.9 Å². The molecule has 4 N–H and O–H groups in total. The van der Waals surface area contributed by atoms with Crippen LogP contribution in [0, 0.1) is 5.92 Å². The summed E-state index contributed by atoms with van der Waals surface area (Å²) in [4.78, 5) is 14.9. The number of nitrogens with zero attached hydrogens (tertiary/aromatic N) is 4. The summed E-state index contributed by atoms with van der Waals surface area (Å²) in [5.41, 5.74) is 2.45. The van der Waals surface area contributed by atoms with Gasteiger partial charge in [0.1, 0.15) is 0 Å². The first-order valence-corrected chi connectivity index (χ1v) is 7.37. The zero-order valence-electron chi connectivity index (χ0n) is 12.6. The van der Waals surface area contributed by atoms with Crippen molar-refractivity contribution in [2.24, 2.45) is 11.8 Å². The smallest absolute Gasteiger partial charge is 0.323 e. The van der Waals surface area contributed by atoms with Crippen LogP contribution in [0.3, 0.4) is 0 Å². The van der Waals surface area contributed by atoms with Crippen molar-refractivity contribution in [2.45, 2.75) is 39.2 Å². The van der Waals surface area contributed by atoms with Crippen LogP contribution >= 0.6 is 0 Å². The van der Waals surface area contributed by atoms with Gasteiger partial charge in [0.05, 0.1) is 6.10 Å². The van der Waals surface area contributed by atoms with Gasteiger partial charge in [0.25, 0.3) is 0 Å². The minimum atomic E-state index is -0.0191. The number of aliphatic hydroxyl groups is 1. The quantitative estimate of drug-likeness (QED) is 0.515. The van der Waals surface area contributed by atoms with Crippen molar-refractivity contribution in [2.75, 3.05) is 30.0 Å². The molecule has 0 aromatic carbocycles. The number of nitrogens with one attached hydrogen (secondary N) is 1. The van der Waals surface area contributed by atoms with Crippen LogP contribution in [0.15, 0.2) is 0 Å². The number of nitrogens with two attached hydrogens (primary N) is 1. The van der Waals surface area contributed by atoms with Crippen LogP contribution in [-0.4, -0.2) is 45.9 Å². The Morgan fingerprint density at radius 1 is 1.43 bits per heavy atom. The van der Waals surface area contributed by atoms with Gasteiger partial charge < -0.3 is 14.7 Å². The number of hydrazine groups is 1. The highest BCUT2D eigenvalue weighted by Gasteiger charge is 2.23. The van der Waals surface area contributed by atoms with E-state index in [9.17, 15) is 0 Å². The lowest BCUT2D eigenvalue weighted by Crippen LogP contribution is -2.37. The van der Waals surface area contributed by atoms with Crippen molar-refractivity contribution in [3.05, 3.63) is 0 Å². The van der Waals surface area contributed by atoms with Crippen LogP contribution in [0.1, 0.15) is 33.1 Å². The largest absolute Gasteiger partial charge is 0.461 e. The lowest BCUT2D eigenvalue weighted by Gasteiger charge is -2.32. The molecule has 0 aliphatic carbocycles. The average Bonchev–Trinajstić information content (AvgIpc) is 2.47. The van der Waals surface area contributed by atoms with Gasteiger partial charge in [-0.1, -0.05) is 0 Å². The Hall–Kier alpha value is -1.67. The number of hydrogen-bond acceptors (Lipinski definition) is 8. The molecular formula is C13H24N6O2. The molecule has 0 radical (unpaired) electrons. The average molecular weight is 296 g/mol. The molecule has 1 saturated heterocycles. The molecular weight excluding hydrogens is 272 g/mol. The summed E-state index contributed by atoms with van der Waals surface area (Å²) in [6, 6.07) is 0.271. The Morgan fingerprint density at radius 3 is 2.90 bits per heavy atom. The molecule has 0 saturated carbocycles. The molecule has 1 aliphatic rings. The maximum Gasteiger partial charge on any atom is 0.323 e. The summed E-state index contributed by atoms with van der Waals surface area (Å²) in [7, 11) is 0. The van der Waals surface area contributed by atoms with Crippen LogP contribution in [0.5, 0.6) is 6.01 Å². The van der Waals surface area contributed by atoms with E-state index < -0.39 is 0 Å². The molecule has 2 heterocycles. The molecule has 1 aromatic heterocycles. The highest BCUT2D eigenvalue weighted by Crippen LogP contribution is 2.24. The second kappa shape index (κ2) is 7.37. The van der Waals surface area contributed by atoms with Crippen LogP contribution < -0.4 is 20.9 Å². The number of piperidine rings is 1. The van der Waals surface area contributed by atoms with E-state index in [0.29, 0.717) is 17.8 Å². The van der Waals surface area contributed by atoms with E-state index in [4.69, 9.17) is 15.7 Å². The summed E-state index contributed by atoms with van der Waals surface area (Å²) in [5.74, 6) is 6.73. The lowest BCUT2D eigenvalue weighted by molar-refractivity contribution is 0.221. The highest BCUT2D eigenvalue weighted by molar-refractivity contribution is 5.38. The van der Waals surface area contributed by atoms with Crippen LogP contribution in [0.2, 0.25) is 0 Å². The van der Waals surface area contributed by atoms with Crippen LogP contribution in [0.25, 0.3) is 0 Å². The van der Waals surface area contributed by atoms with Gasteiger partial charge in [0, 0.05) is 19.7 Å². The van der Waals surface area contributed by atoms with E-state index in [0.717, 1.165) is 32.4 Å². The molecule has 21 heavy (non-hydrogen) atoms. The number of aromatic nitrogens is 3. The van der Waals surface area contributed by atoms with Gasteiger partial charge in [-0.15, -0.1) is 0 Å². The number of nitrogen functional groups attached to an aromatic ring is 1. The third-order valence-electron chi connectivity index (χ3n) is 3.41. The fourth-order valence-electron chi connectivity index (χ4n) is 2.48. The van der Waals surface area contributed by atoms with Crippen LogP contribution in [0.4, 0.5) is 11.9 Å². The fraction of sp³-hybridized carbons (Fsp3) is 0.769. The molecule has 1 aliphatic heterocycles. The summed E-state index contributed by atoms with van der Waals surface area (Å²) >= 11 is 0. The Morgan fingerprint density at radius 2 is 2.24 bits per heavy atom. The molecule has 1 aromatic rings. The minimum absolute atomic E-state index is 0.0191. The molecule has 0 amide bonds. The maximum absolute atomic E-state index is 9.09. The van der Waals surface area contributed by atoms with E-state index in [1.165, 1.54) is 0 Å². The van der Waals surface area contributed by atoms with E-state index in [-0.39, 0.29) is 18.7 Å². The first-order chi connectivity index (χ1) is 10.1. The molecule has 1 fully saturated rings. The van der Waals surface area contributed by atoms with Gasteiger partial charge in [-0.25, -0.2) is 5.84 Å². The van der Waals surface area contributed by atoms with E-state index in [2.05, 4.69) is 25.3 Å². The molecule has 8 nitrogen and oxygen atoms in total. The topological polar surface area (TPSA) is 109 Å². The Balaban J connectivity index is 2.17. The highest BCUT2D eigenvalue weighted by atomic mass is 16.5. The number of hydrogen-bond donors (Lipinski definition) is 3. The predicted octanol–water partition coefficient (Wildman–Crippen LogP) is 0.543. The van der Waals surface area contributed by atoms with Gasteiger partial charge in [-0.05, 0) is 39.0 Å². The third kappa shape index (κ3) is 4.40. The van der Waals surface area contributed by atoms with Crippen molar-refractivity contribution in [3.63, 3.8) is 0 Å². The summed E-state index contributed by atoms with van der Waals surface area (Å²) < 4.78 is 5.54. The van der Waals surface area contributed by atoms with Gasteiger partial charge in [0.2, 0.25) is 11.9 Å². The summed E-state index contributed by atoms with van der Waals surface area (Å²) in [6.07, 6.45) is 2.97. The van der Waals surface area contributed by atoms with Crippen LogP contribution in [-0.2, 0) is 0 Å². The maximum atomic E-state index is 9.09. The monoisotopic (exact) mass is 296 g/mol. The minimum Gasteiger partial charge on any atom is -0.461 e. The van der Waals surface area contributed by atoms with Crippen molar-refractivity contribution in [3.8, 4) is 6.01 Å². The molecule has 118 valence electrons. The third-order valence-corrected chi connectivity index (χ3v) is 3.41. The Bertz CT molecular complexity index is 454. The van der Waals surface area contributed by atoms with Crippen molar-refractivity contribution in [1.82, 2.24) is 15.0 Å². The first kappa shape index (κ1) is 15.7. The Labute approximate surface area is 124 Å². The Kier molecular flexibility index (Phi) is 5.51. The second-order valence-electron chi connectivity index (χ2n) is 5.52. The summed E-state index contributed by atoms with van der Waals surface area (Å²) in [6.45, 7) is 5.76. The van der Waals surface area contributed by atoms with Gasteiger partial charge in [0.15, 0.2) is 0 Å². The molecule has 8 heteroatoms. The second-order valence-corrected chi connectivity index (χ2v) is 5.52. The normalized spacial score (nSPS) is 18.9. The van der Waals surface area contributed by atoms with E-state index in [1.807, 2.05) is 13.8 Å². The van der Waals surface area contributed by atoms with E-state index >= 15 is 0 Å². The fourth-order valence-corrected chi connectivity index (χ4v) is 2.48. The predicted molar refractivity (Wildman–Crippen MR) is 80.0 cm³/mol. The zero-order valence-corrected chi connectivity index (χ0v) is 12.6.